The molecule has 1 aromatic rings. The Labute approximate surface area is 185 Å². The van der Waals surface area contributed by atoms with Gasteiger partial charge in [-0.3, -0.25) is 4.39 Å². The molecule has 174 valence electrons. The topological polar surface area (TPSA) is 0 Å². The summed E-state index contributed by atoms with van der Waals surface area (Å²) in [5, 5.41) is 0. The summed E-state index contributed by atoms with van der Waals surface area (Å²) in [6.07, 6.45) is 20.4. The van der Waals surface area contributed by atoms with Crippen molar-refractivity contribution < 1.29 is 17.6 Å². The van der Waals surface area contributed by atoms with E-state index < -0.39 is 17.5 Å². The van der Waals surface area contributed by atoms with Crippen molar-refractivity contribution >= 4 is 0 Å². The first-order chi connectivity index (χ1) is 15.1. The summed E-state index contributed by atoms with van der Waals surface area (Å²) in [7, 11) is 0. The molecule has 2 saturated carbocycles. The third-order valence-electron chi connectivity index (χ3n) is 7.66. The molecule has 0 unspecified atom stereocenters. The van der Waals surface area contributed by atoms with Crippen molar-refractivity contribution in [2.24, 2.45) is 17.8 Å². The summed E-state index contributed by atoms with van der Waals surface area (Å²) in [5.41, 5.74) is 0.615. The van der Waals surface area contributed by atoms with Gasteiger partial charge < -0.3 is 0 Å². The van der Waals surface area contributed by atoms with Crippen LogP contribution in [0.15, 0.2) is 24.3 Å². The van der Waals surface area contributed by atoms with E-state index in [9.17, 15) is 17.6 Å². The fourth-order valence-electron chi connectivity index (χ4n) is 5.59. The largest absolute Gasteiger partial charge is 0.251 e. The van der Waals surface area contributed by atoms with Gasteiger partial charge in [0.2, 0.25) is 0 Å². The summed E-state index contributed by atoms with van der Waals surface area (Å²) < 4.78 is 52.3. The highest BCUT2D eigenvalue weighted by molar-refractivity contribution is 5.23. The van der Waals surface area contributed by atoms with E-state index in [-0.39, 0.29) is 12.6 Å². The zero-order valence-electron chi connectivity index (χ0n) is 18.7. The quantitative estimate of drug-likeness (QED) is 0.148. The van der Waals surface area contributed by atoms with Crippen LogP contribution in [0, 0.1) is 35.2 Å². The molecule has 4 heteroatoms. The lowest BCUT2D eigenvalue weighted by molar-refractivity contribution is 0.231. The van der Waals surface area contributed by atoms with Gasteiger partial charge in [-0.25, -0.2) is 13.2 Å². The van der Waals surface area contributed by atoms with Gasteiger partial charge in [-0.15, -0.1) is 0 Å². The number of alkyl halides is 1. The Kier molecular flexibility index (Phi) is 9.93. The number of halogens is 4. The van der Waals surface area contributed by atoms with Crippen LogP contribution in [-0.4, -0.2) is 6.67 Å². The fourth-order valence-corrected chi connectivity index (χ4v) is 5.59. The molecular weight excluding hydrogens is 400 g/mol. The number of hydrogen-bond acceptors (Lipinski definition) is 0. The molecule has 2 aliphatic carbocycles. The lowest BCUT2D eigenvalue weighted by Crippen LogP contribution is -2.18. The second-order valence-electron chi connectivity index (χ2n) is 9.87. The lowest BCUT2D eigenvalue weighted by Gasteiger charge is -2.32. The molecule has 0 nitrogen and oxygen atoms in total. The summed E-state index contributed by atoms with van der Waals surface area (Å²) in [5.74, 6) is -0.960. The van der Waals surface area contributed by atoms with Gasteiger partial charge in [0.15, 0.2) is 17.5 Å². The zero-order valence-corrected chi connectivity index (χ0v) is 18.7. The highest BCUT2D eigenvalue weighted by Crippen LogP contribution is 2.40. The van der Waals surface area contributed by atoms with E-state index in [1.54, 1.807) is 0 Å². The average Bonchev–Trinajstić information content (AvgIpc) is 2.79. The first kappa shape index (κ1) is 24.3. The molecular formula is C27H38F4. The minimum atomic E-state index is -1.36. The van der Waals surface area contributed by atoms with Crippen LogP contribution in [-0.2, 0) is 0 Å². The second-order valence-corrected chi connectivity index (χ2v) is 9.87. The van der Waals surface area contributed by atoms with Gasteiger partial charge in [0.05, 0.1) is 6.67 Å². The number of benzene rings is 1. The van der Waals surface area contributed by atoms with E-state index in [4.69, 9.17) is 0 Å². The SMILES string of the molecule is FCCCC/C=C/CC1CCC(CCC2CCC(c3cc(F)c(F)c(F)c3)CC2)CC1. The minimum Gasteiger partial charge on any atom is -0.251 e. The van der Waals surface area contributed by atoms with Gasteiger partial charge in [-0.1, -0.05) is 37.8 Å². The van der Waals surface area contributed by atoms with Gasteiger partial charge in [0, 0.05) is 0 Å². The van der Waals surface area contributed by atoms with E-state index in [1.165, 1.54) is 57.1 Å². The summed E-state index contributed by atoms with van der Waals surface area (Å²) in [4.78, 5) is 0. The summed E-state index contributed by atoms with van der Waals surface area (Å²) in [6.45, 7) is -0.201. The van der Waals surface area contributed by atoms with E-state index in [2.05, 4.69) is 12.2 Å². The van der Waals surface area contributed by atoms with Crippen molar-refractivity contribution in [3.8, 4) is 0 Å². The molecule has 31 heavy (non-hydrogen) atoms. The maximum Gasteiger partial charge on any atom is 0.194 e. The number of hydrogen-bond donors (Lipinski definition) is 0. The van der Waals surface area contributed by atoms with Crippen molar-refractivity contribution in [1.82, 2.24) is 0 Å². The van der Waals surface area contributed by atoms with Gasteiger partial charge >= 0.3 is 0 Å². The molecule has 0 amide bonds. The molecule has 0 spiro atoms. The number of allylic oxidation sites excluding steroid dienone is 2. The van der Waals surface area contributed by atoms with E-state index in [0.717, 1.165) is 56.3 Å². The van der Waals surface area contributed by atoms with E-state index in [1.807, 2.05) is 0 Å². The van der Waals surface area contributed by atoms with Crippen LogP contribution in [0.1, 0.15) is 101 Å². The molecule has 2 aliphatic rings. The zero-order chi connectivity index (χ0) is 22.1. The van der Waals surface area contributed by atoms with Crippen molar-refractivity contribution in [3.63, 3.8) is 0 Å². The smallest absolute Gasteiger partial charge is 0.194 e. The van der Waals surface area contributed by atoms with Crippen LogP contribution in [0.3, 0.4) is 0 Å². The summed E-state index contributed by atoms with van der Waals surface area (Å²) in [6, 6.07) is 2.36. The van der Waals surface area contributed by atoms with Crippen LogP contribution in [0.25, 0.3) is 0 Å². The van der Waals surface area contributed by atoms with Crippen LogP contribution < -0.4 is 0 Å². The number of rotatable bonds is 10. The van der Waals surface area contributed by atoms with Crippen LogP contribution >= 0.6 is 0 Å². The highest BCUT2D eigenvalue weighted by atomic mass is 19.2. The molecule has 0 saturated heterocycles. The van der Waals surface area contributed by atoms with Gasteiger partial charge in [0.1, 0.15) is 0 Å². The average molecular weight is 439 g/mol. The Morgan fingerprint density at radius 1 is 0.710 bits per heavy atom. The molecule has 1 aromatic carbocycles. The Hall–Kier alpha value is -1.32. The predicted molar refractivity (Wildman–Crippen MR) is 119 cm³/mol. The van der Waals surface area contributed by atoms with E-state index >= 15 is 0 Å². The van der Waals surface area contributed by atoms with Crippen LogP contribution in [0.4, 0.5) is 17.6 Å². The Morgan fingerprint density at radius 3 is 1.84 bits per heavy atom. The molecule has 0 radical (unpaired) electrons. The first-order valence-electron chi connectivity index (χ1n) is 12.4. The molecule has 0 bridgehead atoms. The number of unbranched alkanes of at least 4 members (excludes halogenated alkanes) is 2. The highest BCUT2D eigenvalue weighted by Gasteiger charge is 2.26. The molecule has 0 heterocycles. The lowest BCUT2D eigenvalue weighted by atomic mass is 9.74. The molecule has 0 aliphatic heterocycles. The Bertz CT molecular complexity index is 659. The predicted octanol–water partition coefficient (Wildman–Crippen LogP) is 9.05. The third-order valence-corrected chi connectivity index (χ3v) is 7.66. The van der Waals surface area contributed by atoms with Crippen molar-refractivity contribution in [1.29, 1.82) is 0 Å². The fraction of sp³-hybridized carbons (Fsp3) is 0.704. The second kappa shape index (κ2) is 12.6. The van der Waals surface area contributed by atoms with Gasteiger partial charge in [0.25, 0.3) is 0 Å². The molecule has 0 aromatic heterocycles. The minimum absolute atomic E-state index is 0.154. The van der Waals surface area contributed by atoms with Crippen molar-refractivity contribution in [2.45, 2.75) is 95.8 Å². The molecule has 3 rings (SSSR count). The monoisotopic (exact) mass is 438 g/mol. The van der Waals surface area contributed by atoms with Gasteiger partial charge in [-0.05, 0) is 106 Å². The Balaban J connectivity index is 1.30. The first-order valence-corrected chi connectivity index (χ1v) is 12.4. The third kappa shape index (κ3) is 7.64. The standard InChI is InChI=1S/C27H38F4/c28-17-5-3-1-2-4-6-20-7-9-21(10-8-20)11-12-22-13-15-23(16-14-22)24-18-25(29)27(31)26(30)19-24/h2,4,18-23H,1,3,5-17H2/b4-2+. The van der Waals surface area contributed by atoms with Crippen molar-refractivity contribution in [3.05, 3.63) is 47.3 Å². The van der Waals surface area contributed by atoms with Crippen molar-refractivity contribution in [2.75, 3.05) is 6.67 Å². The summed E-state index contributed by atoms with van der Waals surface area (Å²) >= 11 is 0. The maximum atomic E-state index is 13.5. The maximum absolute atomic E-state index is 13.5. The molecule has 2 fully saturated rings. The molecule has 0 N–H and O–H groups in total. The molecule has 0 atom stereocenters. The van der Waals surface area contributed by atoms with Gasteiger partial charge in [-0.2, -0.15) is 0 Å². The van der Waals surface area contributed by atoms with Crippen LogP contribution in [0.2, 0.25) is 0 Å². The Morgan fingerprint density at radius 2 is 1.26 bits per heavy atom. The van der Waals surface area contributed by atoms with Crippen LogP contribution in [0.5, 0.6) is 0 Å². The van der Waals surface area contributed by atoms with E-state index in [0.29, 0.717) is 12.0 Å². The normalized spacial score (nSPS) is 27.1.